The minimum Gasteiger partial charge on any atom is -0.477 e. The number of hydrogen-bond acceptors (Lipinski definition) is 3. The van der Waals surface area contributed by atoms with Crippen molar-refractivity contribution in [3.05, 3.63) is 17.1 Å². The van der Waals surface area contributed by atoms with E-state index in [0.29, 0.717) is 10.9 Å². The largest absolute Gasteiger partial charge is 0.477 e. The molecule has 0 amide bonds. The lowest BCUT2D eigenvalue weighted by Gasteiger charge is -1.92. The summed E-state index contributed by atoms with van der Waals surface area (Å²) >= 11 is 1.29. The quantitative estimate of drug-likeness (QED) is 0.822. The van der Waals surface area contributed by atoms with Gasteiger partial charge in [-0.2, -0.15) is 5.10 Å². The highest BCUT2D eigenvalue weighted by molar-refractivity contribution is 7.20. The van der Waals surface area contributed by atoms with Gasteiger partial charge >= 0.3 is 5.97 Å². The molecule has 2 heterocycles. The summed E-state index contributed by atoms with van der Waals surface area (Å²) in [6, 6.07) is 2.20. The van der Waals surface area contributed by atoms with Crippen molar-refractivity contribution < 1.29 is 9.90 Å². The first-order valence-electron chi connectivity index (χ1n) is 4.46. The third-order valence-corrected chi connectivity index (χ3v) is 3.39. The molecule has 0 bridgehead atoms. The maximum Gasteiger partial charge on any atom is 0.345 e. The summed E-state index contributed by atoms with van der Waals surface area (Å²) < 4.78 is 2.92. The minimum absolute atomic E-state index is 0.366. The summed E-state index contributed by atoms with van der Waals surface area (Å²) in [5, 5.41) is 13.1. The van der Waals surface area contributed by atoms with Gasteiger partial charge in [-0.1, -0.05) is 0 Å². The Morgan fingerprint density at radius 3 is 3.00 bits per heavy atom. The molecule has 0 atom stereocenters. The second kappa shape index (κ2) is 2.57. The van der Waals surface area contributed by atoms with Gasteiger partial charge < -0.3 is 5.11 Å². The Labute approximate surface area is 83.8 Å². The molecule has 72 valence electrons. The van der Waals surface area contributed by atoms with Crippen LogP contribution in [0.5, 0.6) is 0 Å². The van der Waals surface area contributed by atoms with Crippen LogP contribution in [0.3, 0.4) is 0 Å². The van der Waals surface area contributed by atoms with Gasteiger partial charge in [0.2, 0.25) is 0 Å². The molecule has 0 aromatic carbocycles. The normalized spacial score (nSPS) is 16.3. The molecule has 0 aliphatic heterocycles. The summed E-state index contributed by atoms with van der Waals surface area (Å²) in [6.07, 6.45) is 4.34. The molecule has 0 unspecified atom stereocenters. The number of aromatic nitrogens is 2. The molecule has 2 aromatic rings. The third-order valence-electron chi connectivity index (χ3n) is 2.34. The van der Waals surface area contributed by atoms with Crippen LogP contribution in [0.4, 0.5) is 0 Å². The van der Waals surface area contributed by atoms with Gasteiger partial charge in [0.25, 0.3) is 0 Å². The molecule has 5 heteroatoms. The van der Waals surface area contributed by atoms with E-state index < -0.39 is 5.97 Å². The van der Waals surface area contributed by atoms with Crippen LogP contribution in [0.25, 0.3) is 10.2 Å². The van der Waals surface area contributed by atoms with Gasteiger partial charge in [-0.15, -0.1) is 11.3 Å². The predicted octanol–water partition coefficient (Wildman–Crippen LogP) is 2.13. The molecule has 2 aromatic heterocycles. The first-order chi connectivity index (χ1) is 6.74. The van der Waals surface area contributed by atoms with E-state index in [0.717, 1.165) is 10.2 Å². The van der Waals surface area contributed by atoms with Crippen molar-refractivity contribution in [3.8, 4) is 0 Å². The standard InChI is InChI=1S/C9H8N2O2S/c12-9(13)7-3-6-8(14-7)4-11(10-6)5-1-2-5/h3-5H,1-2H2,(H,12,13). The van der Waals surface area contributed by atoms with Gasteiger partial charge in [-0.25, -0.2) is 4.79 Å². The van der Waals surface area contributed by atoms with Gasteiger partial charge in [-0.3, -0.25) is 4.68 Å². The Morgan fingerprint density at radius 1 is 1.64 bits per heavy atom. The number of rotatable bonds is 2. The summed E-state index contributed by atoms with van der Waals surface area (Å²) in [5.74, 6) is -0.869. The summed E-state index contributed by atoms with van der Waals surface area (Å²) in [5.41, 5.74) is 0.805. The highest BCUT2D eigenvalue weighted by Crippen LogP contribution is 2.36. The van der Waals surface area contributed by atoms with E-state index in [-0.39, 0.29) is 0 Å². The molecule has 0 saturated heterocycles. The summed E-state index contributed by atoms with van der Waals surface area (Å²) in [6.45, 7) is 0. The van der Waals surface area contributed by atoms with E-state index in [1.54, 1.807) is 6.07 Å². The molecule has 1 aliphatic carbocycles. The second-order valence-electron chi connectivity index (χ2n) is 3.51. The van der Waals surface area contributed by atoms with Gasteiger partial charge in [0.15, 0.2) is 0 Å². The van der Waals surface area contributed by atoms with Crippen molar-refractivity contribution in [3.63, 3.8) is 0 Å². The Morgan fingerprint density at radius 2 is 2.43 bits per heavy atom. The number of thiophene rings is 1. The zero-order valence-electron chi connectivity index (χ0n) is 7.30. The summed E-state index contributed by atoms with van der Waals surface area (Å²) in [4.78, 5) is 11.0. The van der Waals surface area contributed by atoms with E-state index in [1.807, 2.05) is 10.9 Å². The molecule has 1 fully saturated rings. The molecule has 3 rings (SSSR count). The fourth-order valence-electron chi connectivity index (χ4n) is 1.47. The van der Waals surface area contributed by atoms with Crippen LogP contribution in [0, 0.1) is 0 Å². The predicted molar refractivity (Wildman–Crippen MR) is 52.8 cm³/mol. The van der Waals surface area contributed by atoms with E-state index >= 15 is 0 Å². The van der Waals surface area contributed by atoms with Gasteiger partial charge in [-0.05, 0) is 18.9 Å². The van der Waals surface area contributed by atoms with E-state index in [2.05, 4.69) is 5.10 Å². The molecular formula is C9H8N2O2S. The highest BCUT2D eigenvalue weighted by atomic mass is 32.1. The maximum atomic E-state index is 10.7. The molecule has 1 saturated carbocycles. The molecule has 0 spiro atoms. The number of hydrogen-bond donors (Lipinski definition) is 1. The third kappa shape index (κ3) is 1.13. The van der Waals surface area contributed by atoms with Crippen LogP contribution in [0.1, 0.15) is 28.6 Å². The lowest BCUT2D eigenvalue weighted by molar-refractivity contribution is 0.0702. The number of carbonyl (C=O) groups is 1. The van der Waals surface area contributed by atoms with Crippen molar-refractivity contribution in [1.82, 2.24) is 9.78 Å². The van der Waals surface area contributed by atoms with Gasteiger partial charge in [0, 0.05) is 6.20 Å². The number of nitrogens with zero attached hydrogens (tertiary/aromatic N) is 2. The number of carboxylic acid groups (broad SMARTS) is 1. The van der Waals surface area contributed by atoms with E-state index in [4.69, 9.17) is 5.11 Å². The number of carboxylic acids is 1. The van der Waals surface area contributed by atoms with Crippen molar-refractivity contribution in [2.45, 2.75) is 18.9 Å². The van der Waals surface area contributed by atoms with Crippen LogP contribution in [-0.2, 0) is 0 Å². The topological polar surface area (TPSA) is 55.1 Å². The van der Waals surface area contributed by atoms with E-state index in [9.17, 15) is 4.79 Å². The molecule has 1 aliphatic rings. The van der Waals surface area contributed by atoms with Crippen molar-refractivity contribution >= 4 is 27.5 Å². The van der Waals surface area contributed by atoms with Crippen molar-refractivity contribution in [1.29, 1.82) is 0 Å². The van der Waals surface area contributed by atoms with Crippen LogP contribution in [-0.4, -0.2) is 20.9 Å². The Balaban J connectivity index is 2.09. The molecular weight excluding hydrogens is 200 g/mol. The number of fused-ring (bicyclic) bond motifs is 1. The first kappa shape index (κ1) is 7.99. The average molecular weight is 208 g/mol. The zero-order chi connectivity index (χ0) is 9.71. The van der Waals surface area contributed by atoms with Gasteiger partial charge in [0.05, 0.1) is 10.7 Å². The van der Waals surface area contributed by atoms with Crippen molar-refractivity contribution in [2.24, 2.45) is 0 Å². The highest BCUT2D eigenvalue weighted by Gasteiger charge is 2.25. The lowest BCUT2D eigenvalue weighted by Crippen LogP contribution is -1.94. The van der Waals surface area contributed by atoms with Crippen molar-refractivity contribution in [2.75, 3.05) is 0 Å². The number of aromatic carboxylic acids is 1. The second-order valence-corrected chi connectivity index (χ2v) is 4.59. The Hall–Kier alpha value is -1.36. The van der Waals surface area contributed by atoms with Gasteiger partial charge in [0.1, 0.15) is 10.4 Å². The SMILES string of the molecule is O=C(O)c1cc2nn(C3CC3)cc2s1. The monoisotopic (exact) mass is 208 g/mol. The molecule has 0 radical (unpaired) electrons. The van der Waals surface area contributed by atoms with E-state index in [1.165, 1.54) is 24.2 Å². The fourth-order valence-corrected chi connectivity index (χ4v) is 2.33. The lowest BCUT2D eigenvalue weighted by atomic mass is 10.4. The van der Waals surface area contributed by atoms with Crippen LogP contribution in [0.15, 0.2) is 12.3 Å². The van der Waals surface area contributed by atoms with Crippen LogP contribution >= 0.6 is 11.3 Å². The molecule has 1 N–H and O–H groups in total. The minimum atomic E-state index is -0.869. The van der Waals surface area contributed by atoms with Crippen LogP contribution in [0.2, 0.25) is 0 Å². The Kier molecular flexibility index (Phi) is 1.47. The maximum absolute atomic E-state index is 10.7. The fraction of sp³-hybridized carbons (Fsp3) is 0.333. The smallest absolute Gasteiger partial charge is 0.345 e. The zero-order valence-corrected chi connectivity index (χ0v) is 8.12. The molecule has 4 nitrogen and oxygen atoms in total. The van der Waals surface area contributed by atoms with Crippen LogP contribution < -0.4 is 0 Å². The molecule has 14 heavy (non-hydrogen) atoms. The summed E-state index contributed by atoms with van der Waals surface area (Å²) in [7, 11) is 0. The average Bonchev–Trinajstić information content (AvgIpc) is 2.76. The Bertz CT molecular complexity index is 478. The first-order valence-corrected chi connectivity index (χ1v) is 5.28.